The Balaban J connectivity index is 2.08. The minimum atomic E-state index is 0.652. The topological polar surface area (TPSA) is 15.3 Å². The van der Waals surface area contributed by atoms with E-state index in [0.29, 0.717) is 6.04 Å². The van der Waals surface area contributed by atoms with Gasteiger partial charge in [0.15, 0.2) is 0 Å². The van der Waals surface area contributed by atoms with Crippen LogP contribution < -0.4 is 5.32 Å². The van der Waals surface area contributed by atoms with E-state index in [4.69, 9.17) is 0 Å². The summed E-state index contributed by atoms with van der Waals surface area (Å²) in [5.41, 5.74) is 1.43. The third-order valence-corrected chi connectivity index (χ3v) is 3.47. The van der Waals surface area contributed by atoms with Crippen molar-refractivity contribution < 1.29 is 0 Å². The van der Waals surface area contributed by atoms with Crippen LogP contribution in [0.15, 0.2) is 16.8 Å². The number of nitrogens with one attached hydrogen (secondary N) is 1. The van der Waals surface area contributed by atoms with Gasteiger partial charge in [0.25, 0.3) is 0 Å². The van der Waals surface area contributed by atoms with E-state index < -0.39 is 0 Å². The highest BCUT2D eigenvalue weighted by Crippen LogP contribution is 2.07. The average molecular weight is 240 g/mol. The first-order chi connectivity index (χ1) is 7.72. The van der Waals surface area contributed by atoms with Gasteiger partial charge in [-0.2, -0.15) is 11.3 Å². The summed E-state index contributed by atoms with van der Waals surface area (Å²) in [5, 5.41) is 7.92. The van der Waals surface area contributed by atoms with Crippen molar-refractivity contribution >= 4 is 11.3 Å². The van der Waals surface area contributed by atoms with Gasteiger partial charge < -0.3 is 10.2 Å². The van der Waals surface area contributed by atoms with Crippen molar-refractivity contribution in [3.8, 4) is 0 Å². The van der Waals surface area contributed by atoms with Gasteiger partial charge in [-0.15, -0.1) is 0 Å². The molecule has 92 valence electrons. The van der Waals surface area contributed by atoms with Crippen molar-refractivity contribution in [3.05, 3.63) is 22.4 Å². The van der Waals surface area contributed by atoms with Crippen molar-refractivity contribution in [1.82, 2.24) is 10.2 Å². The van der Waals surface area contributed by atoms with Crippen LogP contribution in [0.5, 0.6) is 0 Å². The van der Waals surface area contributed by atoms with E-state index in [0.717, 1.165) is 19.6 Å². The highest BCUT2D eigenvalue weighted by atomic mass is 32.1. The van der Waals surface area contributed by atoms with E-state index >= 15 is 0 Å². The maximum Gasteiger partial charge on any atom is 0.0239 e. The lowest BCUT2D eigenvalue weighted by Crippen LogP contribution is -2.33. The Bertz CT molecular complexity index is 259. The Labute approximate surface area is 104 Å². The van der Waals surface area contributed by atoms with E-state index in [9.17, 15) is 0 Å². The molecule has 0 radical (unpaired) electrons. The van der Waals surface area contributed by atoms with Crippen LogP contribution in [0.3, 0.4) is 0 Å². The van der Waals surface area contributed by atoms with Gasteiger partial charge in [-0.1, -0.05) is 13.3 Å². The van der Waals surface area contributed by atoms with Crippen molar-refractivity contribution in [3.63, 3.8) is 0 Å². The first-order valence-corrected chi connectivity index (χ1v) is 7.09. The summed E-state index contributed by atoms with van der Waals surface area (Å²) in [4.78, 5) is 2.37. The number of likely N-dealkylation sites (N-methyl/N-ethyl adjacent to an activating group) is 1. The van der Waals surface area contributed by atoms with Crippen LogP contribution in [-0.2, 0) is 6.54 Å². The van der Waals surface area contributed by atoms with Gasteiger partial charge in [0.2, 0.25) is 0 Å². The van der Waals surface area contributed by atoms with Gasteiger partial charge in [0.05, 0.1) is 0 Å². The zero-order chi connectivity index (χ0) is 11.8. The van der Waals surface area contributed by atoms with Gasteiger partial charge in [0, 0.05) is 25.7 Å². The van der Waals surface area contributed by atoms with Gasteiger partial charge >= 0.3 is 0 Å². The Kier molecular flexibility index (Phi) is 6.69. The molecule has 1 atom stereocenters. The molecule has 0 amide bonds. The Morgan fingerprint density at radius 2 is 2.31 bits per heavy atom. The summed E-state index contributed by atoms with van der Waals surface area (Å²) < 4.78 is 0. The molecule has 0 aliphatic heterocycles. The van der Waals surface area contributed by atoms with Crippen molar-refractivity contribution in [2.24, 2.45) is 0 Å². The lowest BCUT2D eigenvalue weighted by atomic mass is 10.2. The van der Waals surface area contributed by atoms with Gasteiger partial charge in [-0.3, -0.25) is 0 Å². The zero-order valence-corrected chi connectivity index (χ0v) is 11.5. The molecule has 16 heavy (non-hydrogen) atoms. The first-order valence-electron chi connectivity index (χ1n) is 6.15. The summed E-state index contributed by atoms with van der Waals surface area (Å²) in [6.45, 7) is 7.77. The van der Waals surface area contributed by atoms with Crippen LogP contribution in [-0.4, -0.2) is 31.1 Å². The molecule has 0 bridgehead atoms. The van der Waals surface area contributed by atoms with E-state index in [2.05, 4.69) is 47.9 Å². The summed E-state index contributed by atoms with van der Waals surface area (Å²) in [7, 11) is 2.18. The standard InChI is InChI=1S/C13H24N2S/c1-4-5-12(2)14-7-8-15(3)10-13-6-9-16-11-13/h6,9,11-12,14H,4-5,7-8,10H2,1-3H3. The molecule has 0 aliphatic carbocycles. The predicted molar refractivity (Wildman–Crippen MR) is 73.0 cm³/mol. The summed E-state index contributed by atoms with van der Waals surface area (Å²) in [5.74, 6) is 0. The van der Waals surface area contributed by atoms with Crippen LogP contribution >= 0.6 is 11.3 Å². The second-order valence-electron chi connectivity index (χ2n) is 4.51. The molecular formula is C13H24N2S. The fourth-order valence-electron chi connectivity index (χ4n) is 1.81. The van der Waals surface area contributed by atoms with Gasteiger partial charge in [0.1, 0.15) is 0 Å². The fourth-order valence-corrected chi connectivity index (χ4v) is 2.47. The molecule has 0 spiro atoms. The van der Waals surface area contributed by atoms with Crippen molar-refractivity contribution in [1.29, 1.82) is 0 Å². The Morgan fingerprint density at radius 3 is 2.94 bits per heavy atom. The van der Waals surface area contributed by atoms with Crippen LogP contribution in [0.25, 0.3) is 0 Å². The molecule has 3 heteroatoms. The highest BCUT2D eigenvalue weighted by molar-refractivity contribution is 7.07. The quantitative estimate of drug-likeness (QED) is 0.751. The lowest BCUT2D eigenvalue weighted by molar-refractivity contribution is 0.317. The number of nitrogens with zero attached hydrogens (tertiary/aromatic N) is 1. The van der Waals surface area contributed by atoms with E-state index in [1.165, 1.54) is 18.4 Å². The first kappa shape index (κ1) is 13.7. The van der Waals surface area contributed by atoms with Crippen LogP contribution in [0.4, 0.5) is 0 Å². The molecule has 0 fully saturated rings. The fraction of sp³-hybridized carbons (Fsp3) is 0.692. The van der Waals surface area contributed by atoms with Crippen LogP contribution in [0.1, 0.15) is 32.3 Å². The number of hydrogen-bond acceptors (Lipinski definition) is 3. The van der Waals surface area contributed by atoms with E-state index in [1.54, 1.807) is 11.3 Å². The molecule has 0 aliphatic rings. The summed E-state index contributed by atoms with van der Waals surface area (Å²) >= 11 is 1.77. The molecule has 1 aromatic rings. The minimum absolute atomic E-state index is 0.652. The van der Waals surface area contributed by atoms with Crippen LogP contribution in [0.2, 0.25) is 0 Å². The third-order valence-electron chi connectivity index (χ3n) is 2.74. The van der Waals surface area contributed by atoms with Gasteiger partial charge in [-0.05, 0) is 42.8 Å². The number of hydrogen-bond donors (Lipinski definition) is 1. The Hall–Kier alpha value is -0.380. The smallest absolute Gasteiger partial charge is 0.0239 e. The molecule has 0 saturated heterocycles. The molecular weight excluding hydrogens is 216 g/mol. The molecule has 1 aromatic heterocycles. The van der Waals surface area contributed by atoms with E-state index in [-0.39, 0.29) is 0 Å². The Morgan fingerprint density at radius 1 is 1.50 bits per heavy atom. The maximum absolute atomic E-state index is 3.55. The normalized spacial score (nSPS) is 13.2. The van der Waals surface area contributed by atoms with Crippen LogP contribution in [0, 0.1) is 0 Å². The molecule has 1 N–H and O–H groups in total. The molecule has 1 unspecified atom stereocenters. The molecule has 1 rings (SSSR count). The molecule has 1 heterocycles. The summed E-state index contributed by atoms with van der Waals surface area (Å²) in [6.07, 6.45) is 2.53. The maximum atomic E-state index is 3.55. The second kappa shape index (κ2) is 7.82. The van der Waals surface area contributed by atoms with E-state index in [1.807, 2.05) is 0 Å². The van der Waals surface area contributed by atoms with Crippen molar-refractivity contribution in [2.75, 3.05) is 20.1 Å². The zero-order valence-electron chi connectivity index (χ0n) is 10.7. The molecule has 0 saturated carbocycles. The molecule has 0 aromatic carbocycles. The second-order valence-corrected chi connectivity index (χ2v) is 5.29. The largest absolute Gasteiger partial charge is 0.313 e. The van der Waals surface area contributed by atoms with Gasteiger partial charge in [-0.25, -0.2) is 0 Å². The SMILES string of the molecule is CCCC(C)NCCN(C)Cc1ccsc1. The lowest BCUT2D eigenvalue weighted by Gasteiger charge is -2.18. The summed E-state index contributed by atoms with van der Waals surface area (Å²) in [6, 6.07) is 2.86. The number of thiophene rings is 1. The average Bonchev–Trinajstić information content (AvgIpc) is 2.70. The third kappa shape index (κ3) is 5.64. The predicted octanol–water partition coefficient (Wildman–Crippen LogP) is 2.96. The van der Waals surface area contributed by atoms with Crippen molar-refractivity contribution in [2.45, 2.75) is 39.3 Å². The monoisotopic (exact) mass is 240 g/mol. The number of rotatable bonds is 8. The minimum Gasteiger partial charge on any atom is -0.313 e. The highest BCUT2D eigenvalue weighted by Gasteiger charge is 2.02. The molecule has 2 nitrogen and oxygen atoms in total.